The lowest BCUT2D eigenvalue weighted by Crippen LogP contribution is -2.40. The molecule has 2 fully saturated rings. The number of benzene rings is 1. The van der Waals surface area contributed by atoms with Gasteiger partial charge in [-0.2, -0.15) is 0 Å². The lowest BCUT2D eigenvalue weighted by Gasteiger charge is -2.38. The molecule has 1 saturated heterocycles. The normalized spacial score (nSPS) is 25.8. The summed E-state index contributed by atoms with van der Waals surface area (Å²) in [5.74, 6) is 0. The van der Waals surface area contributed by atoms with Crippen molar-refractivity contribution in [2.45, 2.75) is 56.8 Å². The van der Waals surface area contributed by atoms with Gasteiger partial charge in [0.2, 0.25) is 0 Å². The molecule has 0 aromatic heterocycles. The van der Waals surface area contributed by atoms with E-state index in [-0.39, 0.29) is 5.60 Å². The summed E-state index contributed by atoms with van der Waals surface area (Å²) in [6.45, 7) is 1.54. The van der Waals surface area contributed by atoms with E-state index in [4.69, 9.17) is 15.2 Å². The third-order valence-electron chi connectivity index (χ3n) is 4.43. The molecule has 0 bridgehead atoms. The number of nitrogens with two attached hydrogens (primary N) is 1. The number of hydrogen-bond acceptors (Lipinski definition) is 3. The Hall–Kier alpha value is -1.06. The van der Waals surface area contributed by atoms with Crippen LogP contribution in [-0.4, -0.2) is 18.3 Å². The number of ether oxygens (including phenoxy) is 2. The van der Waals surface area contributed by atoms with E-state index in [1.807, 2.05) is 24.3 Å². The van der Waals surface area contributed by atoms with Crippen LogP contribution in [0.1, 0.15) is 44.1 Å². The van der Waals surface area contributed by atoms with Gasteiger partial charge in [0.1, 0.15) is 0 Å². The average molecular weight is 261 g/mol. The van der Waals surface area contributed by atoms with Crippen LogP contribution in [0.2, 0.25) is 0 Å². The van der Waals surface area contributed by atoms with Gasteiger partial charge in [-0.15, -0.1) is 0 Å². The minimum absolute atomic E-state index is 0.143. The molecule has 1 spiro atoms. The Kier molecular flexibility index (Phi) is 3.76. The molecule has 19 heavy (non-hydrogen) atoms. The molecule has 2 N–H and O–H groups in total. The first-order valence-electron chi connectivity index (χ1n) is 7.36. The highest BCUT2D eigenvalue weighted by atomic mass is 16.5. The van der Waals surface area contributed by atoms with Gasteiger partial charge in [0.05, 0.1) is 18.3 Å². The molecule has 2 aliphatic rings. The van der Waals surface area contributed by atoms with Crippen molar-refractivity contribution in [2.75, 3.05) is 12.3 Å². The maximum absolute atomic E-state index is 6.07. The highest BCUT2D eigenvalue weighted by Gasteiger charge is 2.40. The Labute approximate surface area is 115 Å². The summed E-state index contributed by atoms with van der Waals surface area (Å²) in [6, 6.07) is 7.95. The zero-order valence-electron chi connectivity index (χ0n) is 11.4. The second kappa shape index (κ2) is 5.51. The molecule has 3 nitrogen and oxygen atoms in total. The average Bonchev–Trinajstić information content (AvgIpc) is 2.86. The minimum Gasteiger partial charge on any atom is -0.399 e. The van der Waals surface area contributed by atoms with E-state index >= 15 is 0 Å². The number of nitrogen functional groups attached to an aromatic ring is 1. The van der Waals surface area contributed by atoms with E-state index in [0.29, 0.717) is 12.7 Å². The highest BCUT2D eigenvalue weighted by Crippen LogP contribution is 2.40. The van der Waals surface area contributed by atoms with Crippen LogP contribution in [0.25, 0.3) is 0 Å². The van der Waals surface area contributed by atoms with Crippen molar-refractivity contribution < 1.29 is 9.47 Å². The first kappa shape index (κ1) is 12.9. The minimum atomic E-state index is 0.143. The Bertz CT molecular complexity index is 409. The summed E-state index contributed by atoms with van der Waals surface area (Å²) in [5, 5.41) is 0. The summed E-state index contributed by atoms with van der Waals surface area (Å²) >= 11 is 0. The van der Waals surface area contributed by atoms with Gasteiger partial charge in [0.15, 0.2) is 0 Å². The van der Waals surface area contributed by atoms with Gasteiger partial charge in [0.25, 0.3) is 0 Å². The van der Waals surface area contributed by atoms with Crippen LogP contribution >= 0.6 is 0 Å². The fraction of sp³-hybridized carbons (Fsp3) is 0.625. The molecule has 1 unspecified atom stereocenters. The molecule has 1 heterocycles. The smallest absolute Gasteiger partial charge is 0.0720 e. The highest BCUT2D eigenvalue weighted by molar-refractivity contribution is 5.39. The first-order chi connectivity index (χ1) is 9.26. The van der Waals surface area contributed by atoms with Crippen molar-refractivity contribution in [3.05, 3.63) is 29.8 Å². The van der Waals surface area contributed by atoms with Crippen LogP contribution in [0.15, 0.2) is 24.3 Å². The van der Waals surface area contributed by atoms with E-state index in [1.54, 1.807) is 0 Å². The van der Waals surface area contributed by atoms with E-state index in [1.165, 1.54) is 31.2 Å². The zero-order valence-corrected chi connectivity index (χ0v) is 11.4. The van der Waals surface area contributed by atoms with Crippen molar-refractivity contribution in [1.82, 2.24) is 0 Å². The third-order valence-corrected chi connectivity index (χ3v) is 4.43. The van der Waals surface area contributed by atoms with E-state index in [9.17, 15) is 0 Å². The molecule has 0 amide bonds. The molecule has 0 radical (unpaired) electrons. The molecular formula is C16H23NO2. The van der Waals surface area contributed by atoms with Crippen LogP contribution < -0.4 is 5.73 Å². The van der Waals surface area contributed by atoms with Gasteiger partial charge >= 0.3 is 0 Å². The van der Waals surface area contributed by atoms with E-state index in [0.717, 1.165) is 25.1 Å². The van der Waals surface area contributed by atoms with Crippen LogP contribution in [0.3, 0.4) is 0 Å². The Morgan fingerprint density at radius 2 is 1.95 bits per heavy atom. The lowest BCUT2D eigenvalue weighted by atomic mass is 9.90. The van der Waals surface area contributed by atoms with E-state index < -0.39 is 0 Å². The van der Waals surface area contributed by atoms with Gasteiger partial charge in [0, 0.05) is 18.7 Å². The molecule has 3 rings (SSSR count). The summed E-state index contributed by atoms with van der Waals surface area (Å²) in [4.78, 5) is 0. The second-order valence-corrected chi connectivity index (χ2v) is 5.91. The molecule has 1 atom stereocenters. The molecule has 1 aromatic rings. The maximum Gasteiger partial charge on any atom is 0.0720 e. The van der Waals surface area contributed by atoms with Crippen LogP contribution in [0.4, 0.5) is 5.69 Å². The van der Waals surface area contributed by atoms with Crippen molar-refractivity contribution in [3.8, 4) is 0 Å². The van der Waals surface area contributed by atoms with Crippen molar-refractivity contribution in [2.24, 2.45) is 0 Å². The fourth-order valence-electron chi connectivity index (χ4n) is 3.32. The van der Waals surface area contributed by atoms with Gasteiger partial charge in [-0.25, -0.2) is 0 Å². The third kappa shape index (κ3) is 3.10. The van der Waals surface area contributed by atoms with Crippen LogP contribution in [0, 0.1) is 0 Å². The van der Waals surface area contributed by atoms with Gasteiger partial charge in [-0.05, 0) is 37.0 Å². The van der Waals surface area contributed by atoms with Gasteiger partial charge in [-0.3, -0.25) is 0 Å². The van der Waals surface area contributed by atoms with Gasteiger partial charge < -0.3 is 15.2 Å². The predicted octanol–water partition coefficient (Wildman–Crippen LogP) is 3.28. The SMILES string of the molecule is Nc1ccc(COC2CCOC3(CCCC3)C2)cc1. The zero-order chi connectivity index (χ0) is 13.1. The molecule has 3 heteroatoms. The van der Waals surface area contributed by atoms with Crippen molar-refractivity contribution in [3.63, 3.8) is 0 Å². The Morgan fingerprint density at radius 3 is 2.68 bits per heavy atom. The fourth-order valence-corrected chi connectivity index (χ4v) is 3.32. The molecular weight excluding hydrogens is 238 g/mol. The quantitative estimate of drug-likeness (QED) is 0.849. The molecule has 1 aliphatic heterocycles. The van der Waals surface area contributed by atoms with Gasteiger partial charge in [-0.1, -0.05) is 25.0 Å². The first-order valence-corrected chi connectivity index (χ1v) is 7.36. The Balaban J connectivity index is 1.53. The largest absolute Gasteiger partial charge is 0.399 e. The maximum atomic E-state index is 6.07. The summed E-state index contributed by atoms with van der Waals surface area (Å²) in [6.07, 6.45) is 7.50. The molecule has 1 aliphatic carbocycles. The summed E-state index contributed by atoms with van der Waals surface area (Å²) < 4.78 is 12.1. The number of anilines is 1. The van der Waals surface area contributed by atoms with Crippen molar-refractivity contribution in [1.29, 1.82) is 0 Å². The van der Waals surface area contributed by atoms with Crippen LogP contribution in [0.5, 0.6) is 0 Å². The second-order valence-electron chi connectivity index (χ2n) is 5.91. The lowest BCUT2D eigenvalue weighted by molar-refractivity contribution is -0.133. The molecule has 1 saturated carbocycles. The topological polar surface area (TPSA) is 44.5 Å². The Morgan fingerprint density at radius 1 is 1.21 bits per heavy atom. The van der Waals surface area contributed by atoms with Crippen LogP contribution in [-0.2, 0) is 16.1 Å². The standard InChI is InChI=1S/C16H23NO2/c17-14-5-3-13(4-6-14)12-18-15-7-10-19-16(11-15)8-1-2-9-16/h3-6,15H,1-2,7-12,17H2. The number of rotatable bonds is 3. The summed E-state index contributed by atoms with van der Waals surface area (Å²) in [5.41, 5.74) is 7.83. The molecule has 104 valence electrons. The predicted molar refractivity (Wildman–Crippen MR) is 75.8 cm³/mol. The van der Waals surface area contributed by atoms with Crippen molar-refractivity contribution >= 4 is 5.69 Å². The van der Waals surface area contributed by atoms with E-state index in [2.05, 4.69) is 0 Å². The monoisotopic (exact) mass is 261 g/mol. The molecule has 1 aromatic carbocycles. The summed E-state index contributed by atoms with van der Waals surface area (Å²) in [7, 11) is 0. The number of hydrogen-bond donors (Lipinski definition) is 1.